The Balaban J connectivity index is 0.000000271. The van der Waals surface area contributed by atoms with E-state index in [9.17, 15) is 56.5 Å². The molecule has 0 saturated heterocycles. The van der Waals surface area contributed by atoms with Gasteiger partial charge in [-0.15, -0.1) is 0 Å². The lowest BCUT2D eigenvalue weighted by atomic mass is 9.87. The summed E-state index contributed by atoms with van der Waals surface area (Å²) in [5, 5.41) is -14.5. The van der Waals surface area contributed by atoms with Gasteiger partial charge in [-0.05, 0) is 82.1 Å². The smallest absolute Gasteiger partial charge is 0.438 e. The molecule has 0 atom stereocenters. The molecule has 0 aromatic heterocycles. The van der Waals surface area contributed by atoms with Gasteiger partial charge in [-0.1, -0.05) is 87.5 Å². The third-order valence-electron chi connectivity index (χ3n) is 6.41. The Bertz CT molecular complexity index is 1750. The summed E-state index contributed by atoms with van der Waals surface area (Å²) in [5.41, 5.74) is 1.68. The quantitative estimate of drug-likeness (QED) is 0.0818. The molecule has 0 aliphatic rings. The summed E-state index contributed by atoms with van der Waals surface area (Å²) in [5.74, 6) is -15.3. The first-order valence-electron chi connectivity index (χ1n) is 13.8. The van der Waals surface area contributed by atoms with Crippen LogP contribution in [0.3, 0.4) is 0 Å². The van der Waals surface area contributed by atoms with Crippen molar-refractivity contribution >= 4 is 53.7 Å². The van der Waals surface area contributed by atoms with Gasteiger partial charge in [0.25, 0.3) is 0 Å². The van der Waals surface area contributed by atoms with Crippen molar-refractivity contribution in [2.24, 2.45) is 0 Å². The second-order valence-corrected chi connectivity index (χ2v) is 17.3. The van der Waals surface area contributed by atoms with Gasteiger partial charge in [0.15, 0.2) is 24.8 Å². The topological polar surface area (TPSA) is 112 Å². The first-order valence-corrected chi connectivity index (χ1v) is 18.9. The van der Waals surface area contributed by atoms with E-state index in [0.29, 0.717) is 0 Å². The zero-order chi connectivity index (χ0) is 38.4. The van der Waals surface area contributed by atoms with Gasteiger partial charge >= 0.3 is 32.5 Å². The van der Waals surface area contributed by atoms with Gasteiger partial charge in [0.1, 0.15) is 0 Å². The molecule has 0 spiro atoms. The molecule has 4 rings (SSSR count). The highest BCUT2D eigenvalue weighted by atomic mass is 127. The van der Waals surface area contributed by atoms with E-state index >= 15 is 0 Å². The van der Waals surface area contributed by atoms with E-state index in [1.54, 1.807) is 0 Å². The number of rotatable bonds is 8. The van der Waals surface area contributed by atoms with Gasteiger partial charge in [0.2, 0.25) is 0 Å². The number of hydrogen-bond acceptors (Lipinski definition) is 5. The fourth-order valence-electron chi connectivity index (χ4n) is 3.71. The van der Waals surface area contributed by atoms with Crippen LogP contribution in [0.25, 0.3) is 0 Å². The van der Waals surface area contributed by atoms with Crippen LogP contribution < -0.4 is 0 Å². The first-order chi connectivity index (χ1) is 22.7. The summed E-state index contributed by atoms with van der Waals surface area (Å²) in [6, 6.07) is 40.9. The van der Waals surface area contributed by atoms with Gasteiger partial charge in [-0.3, -0.25) is 4.55 Å². The SMILES string of the molecule is CC(C)(C)c1ccc(I)cc1.O=S(=O)([O-])C(F)(F)C(F)(F)C(F)(F)C(F)(F)S(=O)(=O)O.c1ccc([S+](c2ccccc2)c2ccccc2)cc1. The largest absolute Gasteiger partial charge is 0.743 e. The average Bonchev–Trinajstić information content (AvgIpc) is 3.02. The van der Waals surface area contributed by atoms with Crippen molar-refractivity contribution in [3.05, 3.63) is 124 Å². The van der Waals surface area contributed by atoms with E-state index in [-0.39, 0.29) is 16.3 Å². The lowest BCUT2D eigenvalue weighted by Gasteiger charge is -2.35. The molecule has 0 heterocycles. The summed E-state index contributed by atoms with van der Waals surface area (Å²) >= 11 is 2.32. The zero-order valence-corrected chi connectivity index (χ0v) is 30.7. The van der Waals surface area contributed by atoms with Gasteiger partial charge in [0.05, 0.1) is 10.9 Å². The molecular formula is C32H29F8IO6S3. The summed E-state index contributed by atoms with van der Waals surface area (Å²) in [4.78, 5) is 4.08. The van der Waals surface area contributed by atoms with Crippen LogP contribution in [-0.2, 0) is 36.5 Å². The van der Waals surface area contributed by atoms with Crippen LogP contribution in [0.5, 0.6) is 0 Å². The highest BCUT2D eigenvalue weighted by Crippen LogP contribution is 2.55. The predicted molar refractivity (Wildman–Crippen MR) is 180 cm³/mol. The van der Waals surface area contributed by atoms with Crippen LogP contribution in [0.4, 0.5) is 35.1 Å². The van der Waals surface area contributed by atoms with E-state index in [4.69, 9.17) is 4.55 Å². The Hall–Kier alpha value is -2.78. The number of halogens is 9. The van der Waals surface area contributed by atoms with Gasteiger partial charge in [0, 0.05) is 3.57 Å². The normalized spacial score (nSPS) is 13.1. The number of alkyl halides is 8. The second-order valence-electron chi connectivity index (χ2n) is 11.1. The van der Waals surface area contributed by atoms with Crippen molar-refractivity contribution in [3.63, 3.8) is 0 Å². The third kappa shape index (κ3) is 9.96. The van der Waals surface area contributed by atoms with Crippen molar-refractivity contribution in [3.8, 4) is 0 Å². The average molecular weight is 885 g/mol. The predicted octanol–water partition coefficient (Wildman–Crippen LogP) is 9.25. The molecule has 0 aliphatic carbocycles. The van der Waals surface area contributed by atoms with Crippen molar-refractivity contribution in [2.75, 3.05) is 0 Å². The van der Waals surface area contributed by atoms with Gasteiger partial charge < -0.3 is 4.55 Å². The van der Waals surface area contributed by atoms with Crippen LogP contribution in [-0.4, -0.2) is 48.3 Å². The van der Waals surface area contributed by atoms with Crippen LogP contribution in [0.1, 0.15) is 26.3 Å². The second kappa shape index (κ2) is 16.3. The monoisotopic (exact) mass is 884 g/mol. The highest BCUT2D eigenvalue weighted by molar-refractivity contribution is 14.1. The molecule has 0 radical (unpaired) electrons. The molecule has 0 unspecified atom stereocenters. The molecule has 0 aliphatic heterocycles. The van der Waals surface area contributed by atoms with Crippen molar-refractivity contribution in [1.29, 1.82) is 0 Å². The molecule has 50 heavy (non-hydrogen) atoms. The molecule has 18 heteroatoms. The van der Waals surface area contributed by atoms with Crippen molar-refractivity contribution in [2.45, 2.75) is 63.2 Å². The Kier molecular flexibility index (Phi) is 14.1. The van der Waals surface area contributed by atoms with Crippen LogP contribution in [0, 0.1) is 3.57 Å². The Labute approximate surface area is 300 Å². The molecule has 0 fully saturated rings. The maximum Gasteiger partial charge on any atom is 0.438 e. The van der Waals surface area contributed by atoms with Crippen LogP contribution in [0.15, 0.2) is 130 Å². The first kappa shape index (κ1) is 43.4. The minimum absolute atomic E-state index is 0.0146. The van der Waals surface area contributed by atoms with Gasteiger partial charge in [-0.2, -0.15) is 43.5 Å². The molecular weight excluding hydrogens is 855 g/mol. The van der Waals surface area contributed by atoms with Crippen molar-refractivity contribution in [1.82, 2.24) is 0 Å². The van der Waals surface area contributed by atoms with Crippen molar-refractivity contribution < 1.29 is 61.1 Å². The Morgan fingerprint density at radius 1 is 0.560 bits per heavy atom. The molecule has 1 N–H and O–H groups in total. The minimum Gasteiger partial charge on any atom is -0.743 e. The third-order valence-corrected chi connectivity index (χ3v) is 11.1. The van der Waals surface area contributed by atoms with E-state index in [1.165, 1.54) is 23.8 Å². The fourth-order valence-corrected chi connectivity index (χ4v) is 7.07. The zero-order valence-electron chi connectivity index (χ0n) is 26.1. The maximum atomic E-state index is 12.6. The lowest BCUT2D eigenvalue weighted by molar-refractivity contribution is -0.327. The molecule has 0 amide bonds. The molecule has 274 valence electrons. The molecule has 6 nitrogen and oxygen atoms in total. The van der Waals surface area contributed by atoms with E-state index < -0.39 is 42.6 Å². The van der Waals surface area contributed by atoms with E-state index in [2.05, 4.69) is 159 Å². The lowest BCUT2D eigenvalue weighted by Crippen LogP contribution is -2.66. The number of hydrogen-bond donors (Lipinski definition) is 1. The fraction of sp³-hybridized carbons (Fsp3) is 0.250. The molecule has 4 aromatic rings. The highest BCUT2D eigenvalue weighted by Gasteiger charge is 2.86. The minimum atomic E-state index is -7.64. The standard InChI is InChI=1S/C18H15S.C10H13I.C4H2F8O6S2/c1-4-10-16(11-5-1)19(17-12-6-2-7-13-17)18-14-8-3-9-15-18;1-10(2,3)8-4-6-9(11)7-5-8;5-1(6,3(9,10)19(13,14)15)2(7,8)4(11,12)20(16,17)18/h1-15H;4-7H,1-3H3;(H,13,14,15)(H,16,17,18)/q+1;;/p-1. The summed E-state index contributed by atoms with van der Waals surface area (Å²) in [6.07, 6.45) is 0. The van der Waals surface area contributed by atoms with Gasteiger partial charge in [-0.25, -0.2) is 8.42 Å². The Morgan fingerprint density at radius 2 is 0.860 bits per heavy atom. The Morgan fingerprint density at radius 3 is 1.12 bits per heavy atom. The summed E-state index contributed by atoms with van der Waals surface area (Å²) < 4.78 is 158. The van der Waals surface area contributed by atoms with Crippen LogP contribution >= 0.6 is 22.6 Å². The molecule has 4 aromatic carbocycles. The maximum absolute atomic E-state index is 12.6. The molecule has 0 bridgehead atoms. The summed E-state index contributed by atoms with van der Waals surface area (Å²) in [7, 11) is -14.9. The number of benzene rings is 4. The summed E-state index contributed by atoms with van der Waals surface area (Å²) in [6.45, 7) is 6.69. The van der Waals surface area contributed by atoms with E-state index in [1.807, 2.05) is 0 Å². The van der Waals surface area contributed by atoms with Crippen LogP contribution in [0.2, 0.25) is 0 Å². The molecule has 0 saturated carbocycles. The van der Waals surface area contributed by atoms with E-state index in [0.717, 1.165) is 0 Å².